The first-order chi connectivity index (χ1) is 11.7. The topological polar surface area (TPSA) is 64.4 Å². The van der Waals surface area contributed by atoms with Crippen LogP contribution in [0.25, 0.3) is 10.8 Å². The summed E-state index contributed by atoms with van der Waals surface area (Å²) in [6.45, 7) is 2.35. The zero-order valence-electron chi connectivity index (χ0n) is 13.5. The summed E-state index contributed by atoms with van der Waals surface area (Å²) in [6.07, 6.45) is 0.220. The second kappa shape index (κ2) is 7.42. The highest BCUT2D eigenvalue weighted by atomic mass is 32.1. The lowest BCUT2D eigenvalue weighted by atomic mass is 10.2. The number of aromatic nitrogens is 1. The van der Waals surface area contributed by atoms with Crippen molar-refractivity contribution in [1.29, 1.82) is 0 Å². The van der Waals surface area contributed by atoms with Crippen LogP contribution < -0.4 is 5.32 Å². The van der Waals surface area contributed by atoms with Crippen molar-refractivity contribution in [1.82, 2.24) is 4.98 Å². The second-order valence-electron chi connectivity index (χ2n) is 5.37. The Labute approximate surface area is 144 Å². The number of carbonyl (C=O) groups is 1. The largest absolute Gasteiger partial charge is 0.459 e. The summed E-state index contributed by atoms with van der Waals surface area (Å²) in [7, 11) is 1.63. The van der Waals surface area contributed by atoms with Crippen molar-refractivity contribution in [2.24, 2.45) is 0 Å². The van der Waals surface area contributed by atoms with Gasteiger partial charge in [-0.2, -0.15) is 0 Å². The van der Waals surface area contributed by atoms with Crippen molar-refractivity contribution in [3.63, 3.8) is 0 Å². The maximum Gasteiger partial charge on any atom is 0.230 e. The van der Waals surface area contributed by atoms with Gasteiger partial charge >= 0.3 is 0 Å². The van der Waals surface area contributed by atoms with E-state index in [0.29, 0.717) is 6.61 Å². The number of benzene rings is 1. The van der Waals surface area contributed by atoms with E-state index in [9.17, 15) is 4.79 Å². The van der Waals surface area contributed by atoms with Crippen LogP contribution in [0.1, 0.15) is 17.0 Å². The van der Waals surface area contributed by atoms with Gasteiger partial charge in [0.2, 0.25) is 5.91 Å². The summed E-state index contributed by atoms with van der Waals surface area (Å²) in [5.41, 5.74) is 2.44. The molecule has 3 rings (SSSR count). The van der Waals surface area contributed by atoms with Crippen LogP contribution in [0, 0.1) is 6.92 Å². The van der Waals surface area contributed by atoms with Gasteiger partial charge in [0.05, 0.1) is 18.7 Å². The number of ether oxygens (including phenoxy) is 1. The Morgan fingerprint density at radius 1 is 1.29 bits per heavy atom. The molecule has 124 valence electrons. The molecule has 5 nitrogen and oxygen atoms in total. The molecular formula is C18H18N2O3S. The second-order valence-corrected chi connectivity index (χ2v) is 6.23. The Balaban J connectivity index is 1.66. The fourth-order valence-corrected chi connectivity index (χ4v) is 3.11. The lowest BCUT2D eigenvalue weighted by Gasteiger charge is -2.09. The van der Waals surface area contributed by atoms with Crippen molar-refractivity contribution in [2.75, 3.05) is 12.4 Å². The number of anilines is 1. The third-order valence-electron chi connectivity index (χ3n) is 3.44. The van der Waals surface area contributed by atoms with Crippen molar-refractivity contribution < 1.29 is 13.9 Å². The molecule has 1 N–H and O–H groups in total. The van der Waals surface area contributed by atoms with Gasteiger partial charge < -0.3 is 14.5 Å². The Kier molecular flexibility index (Phi) is 5.08. The van der Waals surface area contributed by atoms with Crippen LogP contribution in [-0.2, 0) is 22.6 Å². The first-order valence-electron chi connectivity index (χ1n) is 7.53. The van der Waals surface area contributed by atoms with E-state index in [4.69, 9.17) is 9.15 Å². The van der Waals surface area contributed by atoms with E-state index in [-0.39, 0.29) is 12.3 Å². The van der Waals surface area contributed by atoms with Gasteiger partial charge in [0.1, 0.15) is 5.76 Å². The summed E-state index contributed by atoms with van der Waals surface area (Å²) in [5.74, 6) is 1.47. The van der Waals surface area contributed by atoms with Gasteiger partial charge in [-0.1, -0.05) is 18.2 Å². The van der Waals surface area contributed by atoms with Gasteiger partial charge in [0.25, 0.3) is 0 Å². The number of carbonyl (C=O) groups excluding carboxylic acids is 1. The normalized spacial score (nSPS) is 10.8. The molecule has 1 amide bonds. The minimum absolute atomic E-state index is 0.106. The third-order valence-corrected chi connectivity index (χ3v) is 4.34. The van der Waals surface area contributed by atoms with E-state index in [0.717, 1.165) is 33.5 Å². The molecule has 0 spiro atoms. The number of nitrogens with one attached hydrogen (secondary N) is 1. The number of aryl methyl sites for hydroxylation is 1. The van der Waals surface area contributed by atoms with Gasteiger partial charge in [-0.15, -0.1) is 11.3 Å². The van der Waals surface area contributed by atoms with Crippen LogP contribution in [0.3, 0.4) is 0 Å². The minimum atomic E-state index is -0.106. The van der Waals surface area contributed by atoms with Crippen LogP contribution in [0.4, 0.5) is 5.69 Å². The fraction of sp³-hybridized carbons (Fsp3) is 0.222. The molecule has 0 saturated heterocycles. The number of nitrogens with zero attached hydrogens (tertiary/aromatic N) is 1. The SMILES string of the molecule is COCc1ccccc1NC(=O)Cc1csc(-c2ccc(C)o2)n1. The smallest absolute Gasteiger partial charge is 0.230 e. The Hall–Kier alpha value is -2.44. The standard InChI is InChI=1S/C18H18N2O3S/c1-12-7-8-16(23-12)18-19-14(11-24-18)9-17(21)20-15-6-4-3-5-13(15)10-22-2/h3-8,11H,9-10H2,1-2H3,(H,20,21). The molecule has 0 saturated carbocycles. The molecule has 0 aliphatic rings. The highest BCUT2D eigenvalue weighted by molar-refractivity contribution is 7.13. The zero-order chi connectivity index (χ0) is 16.9. The Morgan fingerprint density at radius 3 is 2.88 bits per heavy atom. The van der Waals surface area contributed by atoms with E-state index < -0.39 is 0 Å². The van der Waals surface area contributed by atoms with Gasteiger partial charge in [-0.3, -0.25) is 4.79 Å². The number of amides is 1. The molecule has 3 aromatic rings. The molecule has 0 aliphatic carbocycles. The molecular weight excluding hydrogens is 324 g/mol. The molecule has 0 aliphatic heterocycles. The quantitative estimate of drug-likeness (QED) is 0.734. The molecule has 2 heterocycles. The number of para-hydroxylation sites is 1. The Bertz CT molecular complexity index is 838. The molecule has 0 atom stereocenters. The maximum absolute atomic E-state index is 12.3. The summed E-state index contributed by atoms with van der Waals surface area (Å²) in [5, 5.41) is 5.59. The van der Waals surface area contributed by atoms with Gasteiger partial charge in [-0.25, -0.2) is 4.98 Å². The maximum atomic E-state index is 12.3. The number of methoxy groups -OCH3 is 1. The van der Waals surface area contributed by atoms with Crippen molar-refractivity contribution >= 4 is 22.9 Å². The summed E-state index contributed by atoms with van der Waals surface area (Å²) < 4.78 is 10.7. The Morgan fingerprint density at radius 2 is 2.12 bits per heavy atom. The average Bonchev–Trinajstić information content (AvgIpc) is 3.18. The highest BCUT2D eigenvalue weighted by Gasteiger charge is 2.12. The van der Waals surface area contributed by atoms with Crippen LogP contribution in [0.5, 0.6) is 0 Å². The number of furan rings is 1. The van der Waals surface area contributed by atoms with E-state index in [1.54, 1.807) is 7.11 Å². The van der Waals surface area contributed by atoms with Crippen molar-refractivity contribution in [3.05, 3.63) is 58.8 Å². The van der Waals surface area contributed by atoms with Crippen molar-refractivity contribution in [3.8, 4) is 10.8 Å². The monoisotopic (exact) mass is 342 g/mol. The molecule has 6 heteroatoms. The molecule has 2 aromatic heterocycles. The van der Waals surface area contributed by atoms with Crippen LogP contribution >= 0.6 is 11.3 Å². The van der Waals surface area contributed by atoms with Gasteiger partial charge in [0.15, 0.2) is 10.8 Å². The average molecular weight is 342 g/mol. The third kappa shape index (κ3) is 3.90. The number of thiazole rings is 1. The summed E-state index contributed by atoms with van der Waals surface area (Å²) in [6, 6.07) is 11.4. The molecule has 0 fully saturated rings. The van der Waals surface area contributed by atoms with E-state index in [1.807, 2.05) is 48.7 Å². The summed E-state index contributed by atoms with van der Waals surface area (Å²) >= 11 is 1.47. The predicted octanol–water partition coefficient (Wildman–Crippen LogP) is 4.04. The number of hydrogen-bond donors (Lipinski definition) is 1. The molecule has 24 heavy (non-hydrogen) atoms. The van der Waals surface area contributed by atoms with Crippen molar-refractivity contribution in [2.45, 2.75) is 20.0 Å². The number of hydrogen-bond acceptors (Lipinski definition) is 5. The van der Waals surface area contributed by atoms with E-state index >= 15 is 0 Å². The van der Waals surface area contributed by atoms with Gasteiger partial charge in [-0.05, 0) is 25.1 Å². The van der Waals surface area contributed by atoms with Crippen LogP contribution in [0.15, 0.2) is 46.2 Å². The fourth-order valence-electron chi connectivity index (χ4n) is 2.33. The van der Waals surface area contributed by atoms with Crippen LogP contribution in [0.2, 0.25) is 0 Å². The predicted molar refractivity (Wildman–Crippen MR) is 94.0 cm³/mol. The van der Waals surface area contributed by atoms with E-state index in [1.165, 1.54) is 11.3 Å². The number of rotatable bonds is 6. The zero-order valence-corrected chi connectivity index (χ0v) is 14.4. The molecule has 0 bridgehead atoms. The lowest BCUT2D eigenvalue weighted by molar-refractivity contribution is -0.115. The molecule has 0 radical (unpaired) electrons. The van der Waals surface area contributed by atoms with Crippen LogP contribution in [-0.4, -0.2) is 18.0 Å². The van der Waals surface area contributed by atoms with Gasteiger partial charge in [0, 0.05) is 23.7 Å². The molecule has 1 aromatic carbocycles. The highest BCUT2D eigenvalue weighted by Crippen LogP contribution is 2.26. The summed E-state index contributed by atoms with van der Waals surface area (Å²) in [4.78, 5) is 16.8. The lowest BCUT2D eigenvalue weighted by Crippen LogP contribution is -2.16. The van der Waals surface area contributed by atoms with E-state index in [2.05, 4.69) is 10.3 Å². The first kappa shape index (κ1) is 16.4. The molecule has 0 unspecified atom stereocenters. The first-order valence-corrected chi connectivity index (χ1v) is 8.41. The minimum Gasteiger partial charge on any atom is -0.459 e.